The highest BCUT2D eigenvalue weighted by Gasteiger charge is 2.03. The molecule has 2 aromatic rings. The van der Waals surface area contributed by atoms with Crippen LogP contribution in [-0.4, -0.2) is 11.6 Å². The molecule has 0 saturated carbocycles. The Morgan fingerprint density at radius 1 is 1.28 bits per heavy atom. The molecule has 0 saturated heterocycles. The third-order valence-electron chi connectivity index (χ3n) is 2.53. The Morgan fingerprint density at radius 2 is 2.11 bits per heavy atom. The number of nitrogens with one attached hydrogen (secondary N) is 1. The molecule has 4 heteroatoms. The van der Waals surface area contributed by atoms with Gasteiger partial charge in [-0.2, -0.15) is 0 Å². The van der Waals surface area contributed by atoms with Crippen molar-refractivity contribution in [3.8, 4) is 5.75 Å². The van der Waals surface area contributed by atoms with E-state index in [4.69, 9.17) is 9.15 Å². The molecule has 0 aliphatic carbocycles. The first-order chi connectivity index (χ1) is 8.79. The number of hydrogen-bond acceptors (Lipinski definition) is 4. The smallest absolute Gasteiger partial charge is 0.208 e. The minimum atomic E-state index is 0.619. The van der Waals surface area contributed by atoms with Gasteiger partial charge < -0.3 is 14.5 Å². The Morgan fingerprint density at radius 3 is 2.83 bits per heavy atom. The van der Waals surface area contributed by atoms with E-state index in [1.165, 1.54) is 0 Å². The van der Waals surface area contributed by atoms with Gasteiger partial charge in [0.15, 0.2) is 0 Å². The number of oxazole rings is 1. The lowest BCUT2D eigenvalue weighted by Gasteiger charge is -2.09. The molecule has 1 N–H and O–H groups in total. The first-order valence-electron chi connectivity index (χ1n) is 6.12. The van der Waals surface area contributed by atoms with Crippen molar-refractivity contribution in [1.29, 1.82) is 0 Å². The van der Waals surface area contributed by atoms with Crippen molar-refractivity contribution in [2.75, 3.05) is 6.61 Å². The molecular formula is C14H18N2O2. The van der Waals surface area contributed by atoms with Crippen molar-refractivity contribution in [1.82, 2.24) is 10.3 Å². The second kappa shape index (κ2) is 6.21. The number of ether oxygens (including phenoxy) is 1. The molecular weight excluding hydrogens is 228 g/mol. The highest BCUT2D eigenvalue weighted by Crippen LogP contribution is 2.17. The fraction of sp³-hybridized carbons (Fsp3) is 0.357. The van der Waals surface area contributed by atoms with Crippen LogP contribution in [0.2, 0.25) is 0 Å². The molecule has 0 amide bonds. The summed E-state index contributed by atoms with van der Waals surface area (Å²) in [4.78, 5) is 4.15. The number of aromatic nitrogens is 1. The summed E-state index contributed by atoms with van der Waals surface area (Å²) in [5, 5.41) is 3.29. The highest BCUT2D eigenvalue weighted by molar-refractivity contribution is 5.33. The molecule has 18 heavy (non-hydrogen) atoms. The fourth-order valence-electron chi connectivity index (χ4n) is 1.73. The maximum absolute atomic E-state index is 5.56. The Bertz CT molecular complexity index is 494. The summed E-state index contributed by atoms with van der Waals surface area (Å²) in [7, 11) is 0. The molecule has 1 aromatic heterocycles. The van der Waals surface area contributed by atoms with Gasteiger partial charge in [0, 0.05) is 12.1 Å². The van der Waals surface area contributed by atoms with E-state index in [2.05, 4.69) is 16.4 Å². The van der Waals surface area contributed by atoms with Gasteiger partial charge in [-0.1, -0.05) is 18.2 Å². The summed E-state index contributed by atoms with van der Waals surface area (Å²) < 4.78 is 11.0. The van der Waals surface area contributed by atoms with Gasteiger partial charge in [0.1, 0.15) is 11.5 Å². The maximum atomic E-state index is 5.56. The van der Waals surface area contributed by atoms with Gasteiger partial charge in [0.05, 0.1) is 19.3 Å². The summed E-state index contributed by atoms with van der Waals surface area (Å²) >= 11 is 0. The van der Waals surface area contributed by atoms with Crippen molar-refractivity contribution in [2.45, 2.75) is 26.9 Å². The topological polar surface area (TPSA) is 47.3 Å². The predicted molar refractivity (Wildman–Crippen MR) is 69.4 cm³/mol. The van der Waals surface area contributed by atoms with Crippen LogP contribution in [0.4, 0.5) is 0 Å². The zero-order valence-electron chi connectivity index (χ0n) is 10.8. The van der Waals surface area contributed by atoms with Gasteiger partial charge in [0.2, 0.25) is 5.89 Å². The summed E-state index contributed by atoms with van der Waals surface area (Å²) in [6, 6.07) is 8.02. The number of para-hydroxylation sites is 1. The molecule has 96 valence electrons. The second-order valence-electron chi connectivity index (χ2n) is 4.01. The highest BCUT2D eigenvalue weighted by atomic mass is 16.5. The zero-order valence-corrected chi connectivity index (χ0v) is 10.8. The van der Waals surface area contributed by atoms with E-state index in [9.17, 15) is 0 Å². The fourth-order valence-corrected chi connectivity index (χ4v) is 1.73. The number of rotatable bonds is 6. The molecule has 0 spiro atoms. The Kier molecular flexibility index (Phi) is 4.36. The minimum Gasteiger partial charge on any atom is -0.494 e. The number of aryl methyl sites for hydroxylation is 1. The quantitative estimate of drug-likeness (QED) is 0.851. The van der Waals surface area contributed by atoms with Gasteiger partial charge >= 0.3 is 0 Å². The zero-order chi connectivity index (χ0) is 12.8. The molecule has 0 fully saturated rings. The van der Waals surface area contributed by atoms with Crippen LogP contribution < -0.4 is 10.1 Å². The van der Waals surface area contributed by atoms with Crippen LogP contribution in [0.1, 0.15) is 24.1 Å². The van der Waals surface area contributed by atoms with Crippen LogP contribution in [-0.2, 0) is 13.1 Å². The standard InChI is InChI=1S/C14H18N2O2/c1-3-17-13-7-5-4-6-12(13)9-15-10-14-16-8-11(2)18-14/h4-8,15H,3,9-10H2,1-2H3. The van der Waals surface area contributed by atoms with Crippen molar-refractivity contribution in [3.63, 3.8) is 0 Å². The Balaban J connectivity index is 1.89. The van der Waals surface area contributed by atoms with Gasteiger partial charge in [0.25, 0.3) is 0 Å². The average Bonchev–Trinajstić information content (AvgIpc) is 2.78. The van der Waals surface area contributed by atoms with E-state index in [1.54, 1.807) is 6.20 Å². The monoisotopic (exact) mass is 246 g/mol. The van der Waals surface area contributed by atoms with Gasteiger partial charge in [-0.05, 0) is 19.9 Å². The third kappa shape index (κ3) is 3.34. The van der Waals surface area contributed by atoms with E-state index in [0.29, 0.717) is 19.0 Å². The number of hydrogen-bond donors (Lipinski definition) is 1. The predicted octanol–water partition coefficient (Wildman–Crippen LogP) is 2.67. The molecule has 0 atom stereocenters. The summed E-state index contributed by atoms with van der Waals surface area (Å²) in [6.07, 6.45) is 1.73. The third-order valence-corrected chi connectivity index (χ3v) is 2.53. The molecule has 1 heterocycles. The van der Waals surface area contributed by atoms with E-state index in [1.807, 2.05) is 32.0 Å². The van der Waals surface area contributed by atoms with Crippen LogP contribution in [0.15, 0.2) is 34.9 Å². The van der Waals surface area contributed by atoms with Crippen LogP contribution in [0.25, 0.3) is 0 Å². The van der Waals surface area contributed by atoms with E-state index < -0.39 is 0 Å². The van der Waals surface area contributed by atoms with E-state index in [-0.39, 0.29) is 0 Å². The molecule has 1 aromatic carbocycles. The maximum Gasteiger partial charge on any atom is 0.208 e. The van der Waals surface area contributed by atoms with Crippen molar-refractivity contribution in [3.05, 3.63) is 47.7 Å². The lowest BCUT2D eigenvalue weighted by atomic mass is 10.2. The molecule has 0 unspecified atom stereocenters. The van der Waals surface area contributed by atoms with Crippen LogP contribution >= 0.6 is 0 Å². The van der Waals surface area contributed by atoms with Crippen molar-refractivity contribution in [2.24, 2.45) is 0 Å². The van der Waals surface area contributed by atoms with Gasteiger partial charge in [-0.15, -0.1) is 0 Å². The van der Waals surface area contributed by atoms with E-state index >= 15 is 0 Å². The molecule has 0 aliphatic rings. The second-order valence-corrected chi connectivity index (χ2v) is 4.01. The molecule has 0 radical (unpaired) electrons. The number of nitrogens with zero attached hydrogens (tertiary/aromatic N) is 1. The SMILES string of the molecule is CCOc1ccccc1CNCc1ncc(C)o1. The first-order valence-corrected chi connectivity index (χ1v) is 6.12. The first kappa shape index (κ1) is 12.6. The van der Waals surface area contributed by atoms with Gasteiger partial charge in [-0.3, -0.25) is 0 Å². The Hall–Kier alpha value is -1.81. The molecule has 0 aliphatic heterocycles. The largest absolute Gasteiger partial charge is 0.494 e. The van der Waals surface area contributed by atoms with Crippen LogP contribution in [0.3, 0.4) is 0 Å². The lowest BCUT2D eigenvalue weighted by Crippen LogP contribution is -2.13. The molecule has 0 bridgehead atoms. The summed E-state index contributed by atoms with van der Waals surface area (Å²) in [5.41, 5.74) is 1.14. The number of benzene rings is 1. The normalized spacial score (nSPS) is 10.6. The van der Waals surface area contributed by atoms with Crippen molar-refractivity contribution >= 4 is 0 Å². The average molecular weight is 246 g/mol. The molecule has 4 nitrogen and oxygen atoms in total. The molecule has 2 rings (SSSR count). The summed E-state index contributed by atoms with van der Waals surface area (Å²) in [5.74, 6) is 2.47. The summed E-state index contributed by atoms with van der Waals surface area (Å²) in [6.45, 7) is 5.91. The minimum absolute atomic E-state index is 0.619. The van der Waals surface area contributed by atoms with Gasteiger partial charge in [-0.25, -0.2) is 4.98 Å². The van der Waals surface area contributed by atoms with Crippen LogP contribution in [0.5, 0.6) is 5.75 Å². The van der Waals surface area contributed by atoms with Crippen LogP contribution in [0, 0.1) is 6.92 Å². The van der Waals surface area contributed by atoms with E-state index in [0.717, 1.165) is 23.6 Å². The Labute approximate surface area is 107 Å². The lowest BCUT2D eigenvalue weighted by molar-refractivity contribution is 0.335. The van der Waals surface area contributed by atoms with Crippen molar-refractivity contribution < 1.29 is 9.15 Å².